The molecule has 1 aromatic rings. The van der Waals surface area contributed by atoms with Crippen LogP contribution in [-0.2, 0) is 0 Å². The Labute approximate surface area is 106 Å². The van der Waals surface area contributed by atoms with E-state index in [4.69, 9.17) is 0 Å². The standard InChI is InChI=1S/C14H17FN2O/c15-11-3-1-2-10(8-11)14(18)16-12-6-7-17(9-12)13-4-5-13/h1-3,8,12-13H,4-7,9H2,(H,16,18). The number of nitrogens with zero attached hydrogens (tertiary/aromatic N) is 1. The Balaban J connectivity index is 1.58. The molecule has 2 fully saturated rings. The van der Waals surface area contributed by atoms with Gasteiger partial charge in [0.15, 0.2) is 0 Å². The Bertz CT molecular complexity index is 459. The molecule has 3 nitrogen and oxygen atoms in total. The van der Waals surface area contributed by atoms with Gasteiger partial charge in [0.1, 0.15) is 5.82 Å². The summed E-state index contributed by atoms with van der Waals surface area (Å²) in [6, 6.07) is 6.80. The number of carbonyl (C=O) groups is 1. The van der Waals surface area contributed by atoms with E-state index in [1.54, 1.807) is 12.1 Å². The number of likely N-dealkylation sites (tertiary alicyclic amines) is 1. The molecule has 2 aliphatic rings. The van der Waals surface area contributed by atoms with Gasteiger partial charge in [-0.05, 0) is 37.5 Å². The van der Waals surface area contributed by atoms with Crippen molar-refractivity contribution in [1.82, 2.24) is 10.2 Å². The second-order valence-electron chi connectivity index (χ2n) is 5.20. The Kier molecular flexibility index (Phi) is 3.04. The maximum Gasteiger partial charge on any atom is 0.251 e. The van der Waals surface area contributed by atoms with Gasteiger partial charge >= 0.3 is 0 Å². The van der Waals surface area contributed by atoms with Crippen LogP contribution >= 0.6 is 0 Å². The number of carbonyl (C=O) groups excluding carboxylic acids is 1. The normalized spacial score (nSPS) is 24.2. The zero-order valence-electron chi connectivity index (χ0n) is 10.2. The number of amides is 1. The fourth-order valence-corrected chi connectivity index (χ4v) is 2.57. The Morgan fingerprint density at radius 3 is 2.89 bits per heavy atom. The van der Waals surface area contributed by atoms with Gasteiger partial charge in [-0.3, -0.25) is 9.69 Å². The molecule has 3 rings (SSSR count). The van der Waals surface area contributed by atoms with Crippen molar-refractivity contribution in [3.05, 3.63) is 35.6 Å². The highest BCUT2D eigenvalue weighted by Gasteiger charge is 2.34. The van der Waals surface area contributed by atoms with E-state index in [0.717, 1.165) is 25.6 Å². The first-order valence-electron chi connectivity index (χ1n) is 6.53. The van der Waals surface area contributed by atoms with Gasteiger partial charge in [-0.25, -0.2) is 4.39 Å². The summed E-state index contributed by atoms with van der Waals surface area (Å²) < 4.78 is 13.0. The maximum atomic E-state index is 13.0. The third-order valence-corrected chi connectivity index (χ3v) is 3.70. The van der Waals surface area contributed by atoms with E-state index in [9.17, 15) is 9.18 Å². The fourth-order valence-electron chi connectivity index (χ4n) is 2.57. The summed E-state index contributed by atoms with van der Waals surface area (Å²) in [5.74, 6) is -0.536. The molecule has 0 aromatic heterocycles. The molecule has 1 heterocycles. The van der Waals surface area contributed by atoms with Gasteiger partial charge in [0.25, 0.3) is 5.91 Å². The first-order chi connectivity index (χ1) is 8.72. The van der Waals surface area contributed by atoms with Gasteiger partial charge < -0.3 is 5.32 Å². The molecule has 1 aliphatic heterocycles. The molecule has 1 unspecified atom stereocenters. The topological polar surface area (TPSA) is 32.3 Å². The van der Waals surface area contributed by atoms with Crippen LogP contribution in [0.1, 0.15) is 29.6 Å². The Morgan fingerprint density at radius 2 is 2.17 bits per heavy atom. The minimum absolute atomic E-state index is 0.169. The van der Waals surface area contributed by atoms with Crippen molar-refractivity contribution in [1.29, 1.82) is 0 Å². The molecule has 1 N–H and O–H groups in total. The molecule has 1 amide bonds. The van der Waals surface area contributed by atoms with Crippen molar-refractivity contribution in [2.24, 2.45) is 0 Å². The van der Waals surface area contributed by atoms with Crippen molar-refractivity contribution >= 4 is 5.91 Å². The number of hydrogen-bond acceptors (Lipinski definition) is 2. The molecule has 4 heteroatoms. The minimum Gasteiger partial charge on any atom is -0.348 e. The van der Waals surface area contributed by atoms with E-state index in [1.165, 1.54) is 25.0 Å². The smallest absolute Gasteiger partial charge is 0.251 e. The molecule has 1 atom stereocenters. The summed E-state index contributed by atoms with van der Waals surface area (Å²) >= 11 is 0. The summed E-state index contributed by atoms with van der Waals surface area (Å²) in [4.78, 5) is 14.4. The zero-order chi connectivity index (χ0) is 12.5. The van der Waals surface area contributed by atoms with Crippen LogP contribution in [0.15, 0.2) is 24.3 Å². The molecule has 96 valence electrons. The minimum atomic E-state index is -0.367. The van der Waals surface area contributed by atoms with Gasteiger partial charge in [0.05, 0.1) is 0 Å². The molecule has 18 heavy (non-hydrogen) atoms. The lowest BCUT2D eigenvalue weighted by molar-refractivity contribution is 0.0937. The summed E-state index contributed by atoms with van der Waals surface area (Å²) in [5, 5.41) is 2.99. The summed E-state index contributed by atoms with van der Waals surface area (Å²) in [6.07, 6.45) is 3.59. The Hall–Kier alpha value is -1.42. The van der Waals surface area contributed by atoms with Gasteiger partial charge in [0.2, 0.25) is 0 Å². The fraction of sp³-hybridized carbons (Fsp3) is 0.500. The number of benzene rings is 1. The summed E-state index contributed by atoms with van der Waals surface area (Å²) in [5.41, 5.74) is 0.403. The largest absolute Gasteiger partial charge is 0.348 e. The van der Waals surface area contributed by atoms with Gasteiger partial charge in [-0.2, -0.15) is 0 Å². The molecule has 1 saturated carbocycles. The van der Waals surface area contributed by atoms with Gasteiger partial charge in [-0.1, -0.05) is 6.07 Å². The average molecular weight is 248 g/mol. The monoisotopic (exact) mass is 248 g/mol. The molecule has 0 bridgehead atoms. The molecule has 1 aromatic carbocycles. The predicted molar refractivity (Wildman–Crippen MR) is 66.9 cm³/mol. The summed E-state index contributed by atoms with van der Waals surface area (Å²) in [6.45, 7) is 2.00. The lowest BCUT2D eigenvalue weighted by Gasteiger charge is -2.15. The van der Waals surface area contributed by atoms with E-state index in [0.29, 0.717) is 5.56 Å². The first kappa shape index (κ1) is 11.7. The molecule has 1 saturated heterocycles. The van der Waals surface area contributed by atoms with E-state index in [1.807, 2.05) is 0 Å². The molecule has 1 aliphatic carbocycles. The predicted octanol–water partition coefficient (Wildman–Crippen LogP) is 1.79. The van der Waals surface area contributed by atoms with Crippen molar-refractivity contribution in [3.63, 3.8) is 0 Å². The highest BCUT2D eigenvalue weighted by atomic mass is 19.1. The van der Waals surface area contributed by atoms with Crippen molar-refractivity contribution < 1.29 is 9.18 Å². The van der Waals surface area contributed by atoms with Crippen LogP contribution in [0.3, 0.4) is 0 Å². The molecule has 0 radical (unpaired) electrons. The van der Waals surface area contributed by atoms with Crippen LogP contribution in [-0.4, -0.2) is 36.0 Å². The third kappa shape index (κ3) is 2.53. The van der Waals surface area contributed by atoms with E-state index in [2.05, 4.69) is 10.2 Å². The lowest BCUT2D eigenvalue weighted by atomic mass is 10.2. The molecular weight excluding hydrogens is 231 g/mol. The second kappa shape index (κ2) is 4.69. The molecular formula is C14H17FN2O. The Morgan fingerprint density at radius 1 is 1.33 bits per heavy atom. The first-order valence-corrected chi connectivity index (χ1v) is 6.53. The van der Waals surface area contributed by atoms with E-state index < -0.39 is 0 Å². The third-order valence-electron chi connectivity index (χ3n) is 3.70. The zero-order valence-corrected chi connectivity index (χ0v) is 10.2. The number of nitrogens with one attached hydrogen (secondary N) is 1. The average Bonchev–Trinajstić information content (AvgIpc) is 3.11. The lowest BCUT2D eigenvalue weighted by Crippen LogP contribution is -2.37. The highest BCUT2D eigenvalue weighted by molar-refractivity contribution is 5.94. The van der Waals surface area contributed by atoms with E-state index >= 15 is 0 Å². The second-order valence-corrected chi connectivity index (χ2v) is 5.20. The van der Waals surface area contributed by atoms with Crippen molar-refractivity contribution in [2.75, 3.05) is 13.1 Å². The van der Waals surface area contributed by atoms with E-state index in [-0.39, 0.29) is 17.8 Å². The van der Waals surface area contributed by atoms with Crippen LogP contribution in [0.2, 0.25) is 0 Å². The van der Waals surface area contributed by atoms with Crippen molar-refractivity contribution in [2.45, 2.75) is 31.3 Å². The van der Waals surface area contributed by atoms with Crippen molar-refractivity contribution in [3.8, 4) is 0 Å². The quantitative estimate of drug-likeness (QED) is 0.884. The van der Waals surface area contributed by atoms with Gasteiger partial charge in [0, 0.05) is 30.7 Å². The number of halogens is 1. The van der Waals surface area contributed by atoms with Crippen LogP contribution < -0.4 is 5.32 Å². The highest BCUT2D eigenvalue weighted by Crippen LogP contribution is 2.29. The SMILES string of the molecule is O=C(NC1CCN(C2CC2)C1)c1cccc(F)c1. The van der Waals surface area contributed by atoms with Gasteiger partial charge in [-0.15, -0.1) is 0 Å². The molecule has 0 spiro atoms. The van der Waals surface area contributed by atoms with Crippen LogP contribution in [0.25, 0.3) is 0 Å². The van der Waals surface area contributed by atoms with Crippen LogP contribution in [0.4, 0.5) is 4.39 Å². The number of hydrogen-bond donors (Lipinski definition) is 1. The number of rotatable bonds is 3. The van der Waals surface area contributed by atoms with Crippen LogP contribution in [0, 0.1) is 5.82 Å². The maximum absolute atomic E-state index is 13.0. The summed E-state index contributed by atoms with van der Waals surface area (Å²) in [7, 11) is 0. The van der Waals surface area contributed by atoms with Crippen LogP contribution in [0.5, 0.6) is 0 Å².